The van der Waals surface area contributed by atoms with Gasteiger partial charge in [0.25, 0.3) is 10.0 Å². The number of halogens is 3. The topological polar surface area (TPSA) is 71.8 Å². The van der Waals surface area contributed by atoms with Crippen LogP contribution in [-0.2, 0) is 16.6 Å². The van der Waals surface area contributed by atoms with Crippen molar-refractivity contribution in [2.75, 3.05) is 18.0 Å². The average Bonchev–Trinajstić information content (AvgIpc) is 3.19. The highest BCUT2D eigenvalue weighted by Crippen LogP contribution is 2.34. The largest absolute Gasteiger partial charge is 0.497 e. The molecular formula is C28H23Br2ClN2O4S. The summed E-state index contributed by atoms with van der Waals surface area (Å²) in [7, 11) is -2.46. The van der Waals surface area contributed by atoms with Crippen LogP contribution in [0.1, 0.15) is 0 Å². The third-order valence-corrected chi connectivity index (χ3v) is 9.37. The molecular weight excluding hydrogens is 656 g/mol. The molecule has 5 aromatic rings. The number of sulfonamides is 1. The quantitative estimate of drug-likeness (QED) is 0.188. The van der Waals surface area contributed by atoms with Gasteiger partial charge in [-0.1, -0.05) is 43.5 Å². The van der Waals surface area contributed by atoms with E-state index in [0.717, 1.165) is 30.8 Å². The molecule has 1 atom stereocenters. The minimum Gasteiger partial charge on any atom is -0.497 e. The van der Waals surface area contributed by atoms with Gasteiger partial charge in [0, 0.05) is 35.8 Å². The molecule has 1 N–H and O–H groups in total. The van der Waals surface area contributed by atoms with Crippen molar-refractivity contribution in [3.63, 3.8) is 0 Å². The highest BCUT2D eigenvalue weighted by atomic mass is 79.9. The molecule has 0 radical (unpaired) electrons. The summed E-state index contributed by atoms with van der Waals surface area (Å²) < 4.78 is 37.9. The molecule has 196 valence electrons. The summed E-state index contributed by atoms with van der Waals surface area (Å²) in [4.78, 5) is 0.0801. The first kappa shape index (κ1) is 27.0. The standard InChI is InChI=1S/C28H23Br2ClN2O4S/c1-37-23-8-6-21(7-9-23)33(38(35,36)24-10-4-20(31)5-11-24)17-22(34)16-32-27-12-2-18(29)14-25(27)26-15-19(30)3-13-28(26)32/h2-15,22,34H,16-17H2,1H3. The van der Waals surface area contributed by atoms with Gasteiger partial charge in [0.15, 0.2) is 0 Å². The van der Waals surface area contributed by atoms with Crippen molar-refractivity contribution in [2.24, 2.45) is 0 Å². The molecule has 6 nitrogen and oxygen atoms in total. The molecule has 0 fully saturated rings. The van der Waals surface area contributed by atoms with Crippen LogP contribution in [0.4, 0.5) is 5.69 Å². The van der Waals surface area contributed by atoms with Crippen molar-refractivity contribution in [3.05, 3.63) is 98.9 Å². The number of ether oxygens (including phenoxy) is 1. The van der Waals surface area contributed by atoms with Gasteiger partial charge in [0.05, 0.1) is 36.9 Å². The van der Waals surface area contributed by atoms with Gasteiger partial charge in [-0.15, -0.1) is 0 Å². The number of nitrogens with zero attached hydrogens (tertiary/aromatic N) is 2. The van der Waals surface area contributed by atoms with Gasteiger partial charge >= 0.3 is 0 Å². The normalized spacial score (nSPS) is 12.7. The molecule has 5 rings (SSSR count). The molecule has 0 bridgehead atoms. The maximum atomic E-state index is 13.8. The Balaban J connectivity index is 1.54. The lowest BCUT2D eigenvalue weighted by Crippen LogP contribution is -2.39. The van der Waals surface area contributed by atoms with Crippen molar-refractivity contribution in [3.8, 4) is 5.75 Å². The Morgan fingerprint density at radius 3 is 1.97 bits per heavy atom. The Bertz CT molecular complexity index is 1660. The summed E-state index contributed by atoms with van der Waals surface area (Å²) in [6, 6.07) is 24.7. The predicted molar refractivity (Wildman–Crippen MR) is 160 cm³/mol. The molecule has 4 aromatic carbocycles. The molecule has 0 aliphatic carbocycles. The van der Waals surface area contributed by atoms with Gasteiger partial charge in [-0.3, -0.25) is 4.31 Å². The van der Waals surface area contributed by atoms with Crippen molar-refractivity contribution >= 4 is 81.0 Å². The van der Waals surface area contributed by atoms with Gasteiger partial charge in [-0.25, -0.2) is 8.42 Å². The SMILES string of the molecule is COc1ccc(N(CC(O)Cn2c3ccc(Br)cc3c3cc(Br)ccc32)S(=O)(=O)c2ccc(Cl)cc2)cc1. The molecule has 1 unspecified atom stereocenters. The van der Waals surface area contributed by atoms with E-state index in [0.29, 0.717) is 16.5 Å². The molecule has 38 heavy (non-hydrogen) atoms. The van der Waals surface area contributed by atoms with Crippen LogP contribution in [0, 0.1) is 0 Å². The lowest BCUT2D eigenvalue weighted by Gasteiger charge is -2.27. The molecule has 10 heteroatoms. The number of hydrogen-bond donors (Lipinski definition) is 1. The third kappa shape index (κ3) is 5.31. The fourth-order valence-corrected chi connectivity index (χ4v) is 6.88. The first-order valence-electron chi connectivity index (χ1n) is 11.6. The molecule has 0 spiro atoms. The number of hydrogen-bond acceptors (Lipinski definition) is 4. The average molecular weight is 679 g/mol. The Labute approximate surface area is 242 Å². The molecule has 0 aliphatic rings. The highest BCUT2D eigenvalue weighted by Gasteiger charge is 2.28. The van der Waals surface area contributed by atoms with Gasteiger partial charge < -0.3 is 14.4 Å². The summed E-state index contributed by atoms with van der Waals surface area (Å²) in [5, 5.41) is 13.8. The Morgan fingerprint density at radius 1 is 0.895 bits per heavy atom. The van der Waals surface area contributed by atoms with Crippen LogP contribution in [-0.4, -0.2) is 37.8 Å². The Hall–Kier alpha value is -2.56. The van der Waals surface area contributed by atoms with Crippen LogP contribution in [0.2, 0.25) is 5.02 Å². The van der Waals surface area contributed by atoms with E-state index in [1.165, 1.54) is 28.6 Å². The van der Waals surface area contributed by atoms with Crippen molar-refractivity contribution in [1.29, 1.82) is 0 Å². The van der Waals surface area contributed by atoms with Gasteiger partial charge in [-0.05, 0) is 84.9 Å². The zero-order valence-electron chi connectivity index (χ0n) is 20.2. The zero-order chi connectivity index (χ0) is 27.0. The number of aliphatic hydroxyl groups is 1. The van der Waals surface area contributed by atoms with E-state index in [1.54, 1.807) is 31.4 Å². The Morgan fingerprint density at radius 2 is 1.45 bits per heavy atom. The van der Waals surface area contributed by atoms with Gasteiger partial charge in [0.1, 0.15) is 5.75 Å². The van der Waals surface area contributed by atoms with Gasteiger partial charge in [0.2, 0.25) is 0 Å². The Kier molecular flexibility index (Phi) is 7.75. The molecule has 0 saturated carbocycles. The molecule has 0 amide bonds. The highest BCUT2D eigenvalue weighted by molar-refractivity contribution is 9.10. The fourth-order valence-electron chi connectivity index (χ4n) is 4.53. The summed E-state index contributed by atoms with van der Waals surface area (Å²) in [5.41, 5.74) is 2.30. The van der Waals surface area contributed by atoms with E-state index in [-0.39, 0.29) is 18.0 Å². The zero-order valence-corrected chi connectivity index (χ0v) is 24.9. The number of anilines is 1. The van der Waals surface area contributed by atoms with Crippen LogP contribution in [0.5, 0.6) is 5.75 Å². The number of methoxy groups -OCH3 is 1. The summed E-state index contributed by atoms with van der Waals surface area (Å²) >= 11 is 13.1. The number of rotatable bonds is 8. The second-order valence-electron chi connectivity index (χ2n) is 8.78. The summed E-state index contributed by atoms with van der Waals surface area (Å²) in [6.07, 6.45) is -1.02. The second kappa shape index (κ2) is 10.9. The molecule has 0 aliphatic heterocycles. The first-order valence-corrected chi connectivity index (χ1v) is 15.1. The summed E-state index contributed by atoms with van der Waals surface area (Å²) in [5.74, 6) is 0.598. The van der Waals surface area contributed by atoms with E-state index in [4.69, 9.17) is 16.3 Å². The molecule has 1 aromatic heterocycles. The van der Waals surface area contributed by atoms with E-state index in [1.807, 2.05) is 41.0 Å². The smallest absolute Gasteiger partial charge is 0.264 e. The van der Waals surface area contributed by atoms with E-state index < -0.39 is 16.1 Å². The molecule has 0 saturated heterocycles. The number of aliphatic hydroxyl groups excluding tert-OH is 1. The van der Waals surface area contributed by atoms with Gasteiger partial charge in [-0.2, -0.15) is 0 Å². The minimum atomic E-state index is -4.01. The van der Waals surface area contributed by atoms with Crippen molar-refractivity contribution < 1.29 is 18.3 Å². The van der Waals surface area contributed by atoms with Crippen LogP contribution < -0.4 is 9.04 Å². The number of fused-ring (bicyclic) bond motifs is 3. The van der Waals surface area contributed by atoms with E-state index in [2.05, 4.69) is 31.9 Å². The minimum absolute atomic E-state index is 0.0801. The number of benzene rings is 4. The van der Waals surface area contributed by atoms with Crippen LogP contribution in [0.3, 0.4) is 0 Å². The lowest BCUT2D eigenvalue weighted by atomic mass is 10.2. The van der Waals surface area contributed by atoms with Crippen LogP contribution >= 0.6 is 43.5 Å². The van der Waals surface area contributed by atoms with Crippen molar-refractivity contribution in [1.82, 2.24) is 4.57 Å². The number of aromatic nitrogens is 1. The maximum Gasteiger partial charge on any atom is 0.264 e. The second-order valence-corrected chi connectivity index (χ2v) is 12.9. The monoisotopic (exact) mass is 676 g/mol. The maximum absolute atomic E-state index is 13.8. The molecule has 1 heterocycles. The van der Waals surface area contributed by atoms with Crippen LogP contribution in [0.15, 0.2) is 98.8 Å². The van der Waals surface area contributed by atoms with E-state index in [9.17, 15) is 13.5 Å². The lowest BCUT2D eigenvalue weighted by molar-refractivity contribution is 0.166. The van der Waals surface area contributed by atoms with Crippen molar-refractivity contribution in [2.45, 2.75) is 17.5 Å². The fraction of sp³-hybridized carbons (Fsp3) is 0.143. The predicted octanol–water partition coefficient (Wildman–Crippen LogP) is 7.24. The summed E-state index contributed by atoms with van der Waals surface area (Å²) in [6.45, 7) is 0.0254. The first-order chi connectivity index (χ1) is 18.2. The third-order valence-electron chi connectivity index (χ3n) is 6.32. The van der Waals surface area contributed by atoms with E-state index >= 15 is 0 Å². The van der Waals surface area contributed by atoms with Crippen LogP contribution in [0.25, 0.3) is 21.8 Å².